The van der Waals surface area contributed by atoms with E-state index in [9.17, 15) is 4.79 Å². The summed E-state index contributed by atoms with van der Waals surface area (Å²) in [7, 11) is 3.51. The Kier molecular flexibility index (Phi) is 5.75. The van der Waals surface area contributed by atoms with Crippen LogP contribution in [0.1, 0.15) is 29.8 Å². The molecule has 1 amide bonds. The third kappa shape index (κ3) is 4.27. The fourth-order valence-corrected chi connectivity index (χ4v) is 3.45. The van der Waals surface area contributed by atoms with Crippen molar-refractivity contribution in [1.29, 1.82) is 0 Å². The fourth-order valence-electron chi connectivity index (χ4n) is 3.45. The molecule has 27 heavy (non-hydrogen) atoms. The van der Waals surface area contributed by atoms with E-state index in [1.807, 2.05) is 24.3 Å². The molecule has 6 heteroatoms. The number of amides is 1. The highest BCUT2D eigenvalue weighted by molar-refractivity contribution is 5.95. The van der Waals surface area contributed by atoms with Gasteiger partial charge < -0.3 is 9.80 Å². The van der Waals surface area contributed by atoms with Gasteiger partial charge in [0.15, 0.2) is 5.82 Å². The summed E-state index contributed by atoms with van der Waals surface area (Å²) in [5, 5.41) is 8.97. The predicted octanol–water partition coefficient (Wildman–Crippen LogP) is 2.68. The molecular formula is C21H29N5O. The molecule has 6 nitrogen and oxygen atoms in total. The number of aromatic nitrogens is 2. The quantitative estimate of drug-likeness (QED) is 0.832. The van der Waals surface area contributed by atoms with E-state index in [-0.39, 0.29) is 5.91 Å². The van der Waals surface area contributed by atoms with Gasteiger partial charge in [0.25, 0.3) is 5.91 Å². The summed E-state index contributed by atoms with van der Waals surface area (Å²) in [5.41, 5.74) is 3.48. The maximum Gasteiger partial charge on any atom is 0.253 e. The zero-order valence-corrected chi connectivity index (χ0v) is 16.9. The van der Waals surface area contributed by atoms with Crippen LogP contribution in [0.15, 0.2) is 30.3 Å². The van der Waals surface area contributed by atoms with Crippen LogP contribution in [0.5, 0.6) is 0 Å². The third-order valence-corrected chi connectivity index (χ3v) is 5.11. The number of nitrogens with zero attached hydrogens (tertiary/aromatic N) is 5. The maximum atomic E-state index is 12.2. The van der Waals surface area contributed by atoms with Crippen LogP contribution < -0.4 is 4.90 Å². The highest BCUT2D eigenvalue weighted by atomic mass is 16.2. The number of hydrogen-bond donors (Lipinski definition) is 0. The molecule has 0 aliphatic carbocycles. The van der Waals surface area contributed by atoms with Gasteiger partial charge in [-0.15, -0.1) is 10.2 Å². The molecule has 0 atom stereocenters. The number of aryl methyl sites for hydroxylation is 1. The fraction of sp³-hybridized carbons (Fsp3) is 0.476. The highest BCUT2D eigenvalue weighted by Crippen LogP contribution is 2.24. The lowest BCUT2D eigenvalue weighted by Crippen LogP contribution is -2.49. The minimum absolute atomic E-state index is 0.0128. The van der Waals surface area contributed by atoms with E-state index >= 15 is 0 Å². The molecule has 1 aromatic heterocycles. The summed E-state index contributed by atoms with van der Waals surface area (Å²) in [4.78, 5) is 18.6. The van der Waals surface area contributed by atoms with Gasteiger partial charge in [0.05, 0.1) is 5.69 Å². The Morgan fingerprint density at radius 2 is 1.78 bits per heavy atom. The Balaban J connectivity index is 1.80. The normalized spacial score (nSPS) is 15.3. The van der Waals surface area contributed by atoms with Crippen molar-refractivity contribution in [2.45, 2.75) is 26.8 Å². The molecule has 1 aromatic carbocycles. The first-order chi connectivity index (χ1) is 12.9. The molecule has 0 bridgehead atoms. The summed E-state index contributed by atoms with van der Waals surface area (Å²) >= 11 is 0. The van der Waals surface area contributed by atoms with Gasteiger partial charge in [-0.25, -0.2) is 0 Å². The van der Waals surface area contributed by atoms with Crippen LogP contribution in [0.3, 0.4) is 0 Å². The van der Waals surface area contributed by atoms with Crippen LogP contribution in [0.25, 0.3) is 11.3 Å². The van der Waals surface area contributed by atoms with Crippen molar-refractivity contribution in [2.75, 3.05) is 45.2 Å². The van der Waals surface area contributed by atoms with Crippen LogP contribution in [0.2, 0.25) is 0 Å². The van der Waals surface area contributed by atoms with Crippen LogP contribution >= 0.6 is 0 Å². The zero-order valence-electron chi connectivity index (χ0n) is 16.9. The lowest BCUT2D eigenvalue weighted by atomic mass is 10.1. The Morgan fingerprint density at radius 1 is 1.07 bits per heavy atom. The van der Waals surface area contributed by atoms with Crippen LogP contribution in [0.4, 0.5) is 5.82 Å². The van der Waals surface area contributed by atoms with Crippen molar-refractivity contribution in [3.8, 4) is 11.3 Å². The van der Waals surface area contributed by atoms with E-state index in [0.717, 1.165) is 48.8 Å². The first-order valence-corrected chi connectivity index (χ1v) is 9.52. The Bertz CT molecular complexity index is 810. The van der Waals surface area contributed by atoms with E-state index in [1.165, 1.54) is 0 Å². The second-order valence-corrected chi connectivity index (χ2v) is 7.63. The molecule has 3 rings (SSSR count). The Hall–Kier alpha value is -2.47. The smallest absolute Gasteiger partial charge is 0.253 e. The van der Waals surface area contributed by atoms with Crippen LogP contribution in [0, 0.1) is 6.92 Å². The summed E-state index contributed by atoms with van der Waals surface area (Å²) in [5.74, 6) is 0.948. The average Bonchev–Trinajstić information content (AvgIpc) is 2.67. The number of rotatable bonds is 4. The molecule has 0 spiro atoms. The number of piperazine rings is 1. The minimum Gasteiger partial charge on any atom is -0.352 e. The lowest BCUT2D eigenvalue weighted by molar-refractivity contribution is 0.0827. The Morgan fingerprint density at radius 3 is 2.37 bits per heavy atom. The van der Waals surface area contributed by atoms with Gasteiger partial charge in [-0.1, -0.05) is 12.1 Å². The van der Waals surface area contributed by atoms with Crippen LogP contribution in [-0.2, 0) is 0 Å². The molecule has 2 heterocycles. The van der Waals surface area contributed by atoms with Gasteiger partial charge >= 0.3 is 0 Å². The van der Waals surface area contributed by atoms with E-state index in [0.29, 0.717) is 11.6 Å². The molecule has 1 fully saturated rings. The van der Waals surface area contributed by atoms with E-state index < -0.39 is 0 Å². The SMILES string of the molecule is Cc1cc(-c2cccc(C(=O)N(C)C)c2)nnc1N1CCN(C(C)C)CC1. The van der Waals surface area contributed by atoms with Crippen molar-refractivity contribution in [3.05, 3.63) is 41.5 Å². The summed E-state index contributed by atoms with van der Waals surface area (Å²) in [6, 6.07) is 10.2. The molecule has 0 saturated carbocycles. The molecular weight excluding hydrogens is 338 g/mol. The van der Waals surface area contributed by atoms with Crippen molar-refractivity contribution in [1.82, 2.24) is 20.0 Å². The molecule has 1 aliphatic rings. The van der Waals surface area contributed by atoms with Gasteiger partial charge in [0, 0.05) is 57.4 Å². The monoisotopic (exact) mass is 367 g/mol. The maximum absolute atomic E-state index is 12.2. The molecule has 0 unspecified atom stereocenters. The third-order valence-electron chi connectivity index (χ3n) is 5.11. The zero-order chi connectivity index (χ0) is 19.6. The van der Waals surface area contributed by atoms with E-state index in [4.69, 9.17) is 0 Å². The number of carbonyl (C=O) groups excluding carboxylic acids is 1. The number of hydrogen-bond acceptors (Lipinski definition) is 5. The standard InChI is InChI=1S/C21H29N5O/c1-15(2)25-9-11-26(12-10-25)20-16(3)13-19(22-23-20)17-7-6-8-18(14-17)21(27)24(4)5/h6-8,13-15H,9-12H2,1-5H3. The first-order valence-electron chi connectivity index (χ1n) is 9.52. The van der Waals surface area contributed by atoms with Crippen molar-refractivity contribution in [2.24, 2.45) is 0 Å². The summed E-state index contributed by atoms with van der Waals surface area (Å²) < 4.78 is 0. The summed E-state index contributed by atoms with van der Waals surface area (Å²) in [6.45, 7) is 10.6. The Labute approximate surface area is 161 Å². The molecule has 1 aliphatic heterocycles. The van der Waals surface area contributed by atoms with Gasteiger partial charge in [-0.05, 0) is 44.5 Å². The van der Waals surface area contributed by atoms with Crippen molar-refractivity contribution >= 4 is 11.7 Å². The predicted molar refractivity (Wildman–Crippen MR) is 109 cm³/mol. The molecule has 144 valence electrons. The number of benzene rings is 1. The molecule has 1 saturated heterocycles. The minimum atomic E-state index is -0.0128. The topological polar surface area (TPSA) is 52.6 Å². The lowest BCUT2D eigenvalue weighted by Gasteiger charge is -2.37. The van der Waals surface area contributed by atoms with Gasteiger partial charge in [0.1, 0.15) is 0 Å². The second-order valence-electron chi connectivity index (χ2n) is 7.63. The van der Waals surface area contributed by atoms with E-state index in [1.54, 1.807) is 19.0 Å². The highest BCUT2D eigenvalue weighted by Gasteiger charge is 2.21. The summed E-state index contributed by atoms with van der Waals surface area (Å²) in [6.07, 6.45) is 0. The molecule has 0 radical (unpaired) electrons. The van der Waals surface area contributed by atoms with Gasteiger partial charge in [-0.2, -0.15) is 0 Å². The molecule has 2 aromatic rings. The second kappa shape index (κ2) is 8.05. The number of carbonyl (C=O) groups is 1. The number of anilines is 1. The van der Waals surface area contributed by atoms with Crippen LogP contribution in [-0.4, -0.2) is 72.2 Å². The van der Waals surface area contributed by atoms with E-state index in [2.05, 4.69) is 46.8 Å². The largest absolute Gasteiger partial charge is 0.352 e. The molecule has 0 N–H and O–H groups in total. The average molecular weight is 367 g/mol. The van der Waals surface area contributed by atoms with Crippen molar-refractivity contribution < 1.29 is 4.79 Å². The van der Waals surface area contributed by atoms with Crippen molar-refractivity contribution in [3.63, 3.8) is 0 Å². The van der Waals surface area contributed by atoms with Gasteiger partial charge in [-0.3, -0.25) is 9.69 Å². The van der Waals surface area contributed by atoms with Gasteiger partial charge in [0.2, 0.25) is 0 Å². The first kappa shape index (κ1) is 19.3.